The van der Waals surface area contributed by atoms with Gasteiger partial charge in [0.15, 0.2) is 0 Å². The van der Waals surface area contributed by atoms with Crippen LogP contribution in [0.2, 0.25) is 0 Å². The van der Waals surface area contributed by atoms with Gasteiger partial charge < -0.3 is 10.2 Å². The topological polar surface area (TPSA) is 15.3 Å². The molecular weight excluding hydrogens is 479 g/mol. The van der Waals surface area contributed by atoms with Gasteiger partial charge in [-0.1, -0.05) is 86.7 Å². The summed E-state index contributed by atoms with van der Waals surface area (Å²) < 4.78 is 15.0. The molecule has 1 aliphatic carbocycles. The minimum Gasteiger partial charge on any atom is -0.378 e. The minimum atomic E-state index is -0.0826. The maximum atomic E-state index is 15.0. The summed E-state index contributed by atoms with van der Waals surface area (Å²) in [5.74, 6) is -0.0826. The number of rotatable bonds is 12. The second-order valence-electron chi connectivity index (χ2n) is 10.7. The van der Waals surface area contributed by atoms with E-state index >= 15 is 4.39 Å². The Balaban J connectivity index is 1.52. The summed E-state index contributed by atoms with van der Waals surface area (Å²) in [5, 5.41) is 3.49. The molecule has 0 aliphatic heterocycles. The number of allylic oxidation sites excluding steroid dienone is 2. The van der Waals surface area contributed by atoms with Gasteiger partial charge in [0, 0.05) is 26.3 Å². The molecule has 3 aromatic carbocycles. The maximum absolute atomic E-state index is 15.0. The quantitative estimate of drug-likeness (QED) is 0.190. The van der Waals surface area contributed by atoms with Gasteiger partial charge in [-0.15, -0.1) is 0 Å². The highest BCUT2D eigenvalue weighted by atomic mass is 19.1. The molecule has 1 aliphatic rings. The van der Waals surface area contributed by atoms with E-state index in [0.717, 1.165) is 74.9 Å². The first-order valence-electron chi connectivity index (χ1n) is 14.4. The van der Waals surface area contributed by atoms with Crippen molar-refractivity contribution in [2.75, 3.05) is 27.2 Å². The molecule has 0 saturated carbocycles. The first-order chi connectivity index (χ1) is 19.0. The zero-order valence-corrected chi connectivity index (χ0v) is 23.9. The Bertz CT molecular complexity index is 1310. The average molecular weight is 523 g/mol. The van der Waals surface area contributed by atoms with Crippen molar-refractivity contribution in [2.45, 2.75) is 51.9 Å². The Hall–Kier alpha value is -3.43. The van der Waals surface area contributed by atoms with Crippen LogP contribution >= 0.6 is 0 Å². The van der Waals surface area contributed by atoms with Crippen LogP contribution in [-0.2, 0) is 19.3 Å². The summed E-state index contributed by atoms with van der Waals surface area (Å²) in [6.45, 7) is 7.93. The summed E-state index contributed by atoms with van der Waals surface area (Å²) in [6, 6.07) is 23.7. The lowest BCUT2D eigenvalue weighted by Gasteiger charge is -2.17. The monoisotopic (exact) mass is 522 g/mol. The molecule has 204 valence electrons. The second-order valence-corrected chi connectivity index (χ2v) is 10.7. The number of hydrogen-bond donors (Lipinski definition) is 1. The van der Waals surface area contributed by atoms with Crippen molar-refractivity contribution in [3.63, 3.8) is 0 Å². The normalized spacial score (nSPS) is 13.4. The predicted octanol–water partition coefficient (Wildman–Crippen LogP) is 8.23. The molecule has 4 rings (SSSR count). The van der Waals surface area contributed by atoms with E-state index in [2.05, 4.69) is 79.5 Å². The molecule has 0 atom stereocenters. The molecule has 3 aromatic rings. The van der Waals surface area contributed by atoms with Crippen molar-refractivity contribution in [1.82, 2.24) is 10.2 Å². The molecule has 0 aromatic heterocycles. The van der Waals surface area contributed by atoms with Crippen LogP contribution in [0.1, 0.15) is 66.0 Å². The molecule has 0 fully saturated rings. The molecule has 0 radical (unpaired) electrons. The molecule has 0 amide bonds. The van der Waals surface area contributed by atoms with Crippen LogP contribution in [0.15, 0.2) is 91.2 Å². The minimum absolute atomic E-state index is 0.0826. The van der Waals surface area contributed by atoms with Gasteiger partial charge in [0.1, 0.15) is 5.82 Å². The van der Waals surface area contributed by atoms with Crippen molar-refractivity contribution in [3.05, 3.63) is 130 Å². The molecular formula is C36H43FN2. The highest BCUT2D eigenvalue weighted by Gasteiger charge is 2.20. The third kappa shape index (κ3) is 7.58. The van der Waals surface area contributed by atoms with Crippen LogP contribution in [0.5, 0.6) is 0 Å². The number of likely N-dealkylation sites (N-methyl/N-ethyl adjacent to an activating group) is 1. The van der Waals surface area contributed by atoms with Crippen LogP contribution in [-0.4, -0.2) is 32.1 Å². The van der Waals surface area contributed by atoms with Gasteiger partial charge in [0.05, 0.1) is 0 Å². The predicted molar refractivity (Wildman–Crippen MR) is 165 cm³/mol. The van der Waals surface area contributed by atoms with Gasteiger partial charge in [-0.3, -0.25) is 0 Å². The number of aryl methyl sites for hydroxylation is 3. The van der Waals surface area contributed by atoms with Crippen molar-refractivity contribution < 1.29 is 4.39 Å². The summed E-state index contributed by atoms with van der Waals surface area (Å²) in [5.41, 5.74) is 10.6. The van der Waals surface area contributed by atoms with Crippen molar-refractivity contribution >= 4 is 11.1 Å². The molecule has 0 unspecified atom stereocenters. The fraction of sp³-hybridized carbons (Fsp3) is 0.333. The summed E-state index contributed by atoms with van der Waals surface area (Å²) in [4.78, 5) is 2.01. The fourth-order valence-electron chi connectivity index (χ4n) is 5.34. The number of nitrogens with zero attached hydrogens (tertiary/aromatic N) is 1. The number of halogens is 1. The third-order valence-corrected chi connectivity index (χ3v) is 7.59. The zero-order valence-electron chi connectivity index (χ0n) is 23.9. The van der Waals surface area contributed by atoms with Crippen molar-refractivity contribution in [1.29, 1.82) is 0 Å². The van der Waals surface area contributed by atoms with Crippen molar-refractivity contribution in [3.8, 4) is 0 Å². The second kappa shape index (κ2) is 14.1. The van der Waals surface area contributed by atoms with Crippen molar-refractivity contribution in [2.24, 2.45) is 0 Å². The number of hydrogen-bond acceptors (Lipinski definition) is 2. The lowest BCUT2D eigenvalue weighted by molar-refractivity contribution is 0.532. The summed E-state index contributed by atoms with van der Waals surface area (Å²) in [7, 11) is 4.00. The molecule has 39 heavy (non-hydrogen) atoms. The summed E-state index contributed by atoms with van der Waals surface area (Å²) >= 11 is 0. The highest BCUT2D eigenvalue weighted by molar-refractivity contribution is 5.99. The van der Waals surface area contributed by atoms with Crippen LogP contribution in [0.4, 0.5) is 4.39 Å². The number of benzene rings is 3. The zero-order chi connectivity index (χ0) is 27.6. The van der Waals surface area contributed by atoms with E-state index in [1.165, 1.54) is 33.4 Å². The molecule has 0 bridgehead atoms. The lowest BCUT2D eigenvalue weighted by Crippen LogP contribution is -2.16. The molecule has 0 spiro atoms. The van der Waals surface area contributed by atoms with E-state index in [1.807, 2.05) is 31.1 Å². The van der Waals surface area contributed by atoms with Gasteiger partial charge in [0.2, 0.25) is 0 Å². The van der Waals surface area contributed by atoms with E-state index in [4.69, 9.17) is 0 Å². The third-order valence-electron chi connectivity index (χ3n) is 7.59. The largest absolute Gasteiger partial charge is 0.378 e. The van der Waals surface area contributed by atoms with E-state index < -0.39 is 0 Å². The van der Waals surface area contributed by atoms with Gasteiger partial charge in [-0.25, -0.2) is 4.39 Å². The Morgan fingerprint density at radius 1 is 0.974 bits per heavy atom. The smallest absolute Gasteiger partial charge is 0.127 e. The number of fused-ring (bicyclic) bond motifs is 1. The van der Waals surface area contributed by atoms with Crippen LogP contribution < -0.4 is 5.32 Å². The van der Waals surface area contributed by atoms with E-state index in [-0.39, 0.29) is 5.82 Å². The van der Waals surface area contributed by atoms with Crippen LogP contribution in [0.25, 0.3) is 11.1 Å². The fourth-order valence-corrected chi connectivity index (χ4v) is 5.34. The Kier molecular flexibility index (Phi) is 10.3. The highest BCUT2D eigenvalue weighted by Crippen LogP contribution is 2.40. The maximum Gasteiger partial charge on any atom is 0.127 e. The van der Waals surface area contributed by atoms with Crippen LogP contribution in [0, 0.1) is 5.82 Å². The Morgan fingerprint density at radius 3 is 2.49 bits per heavy atom. The standard InChI is InChI=1S/C36H43FN2/c1-5-11-30-22-23-32(26-35(30)37)34-17-8-15-29-14-6-7-16-33(29)36(34)31-20-18-28(19-21-31)13-10-25-38-24-9-12-27(2)39(3)4/h6-7,9,12,14,16,18-23,26,38H,2,5,8,10-11,13,15,17,24-25H2,1,3-4H3/b12-9+. The van der Waals surface area contributed by atoms with Gasteiger partial charge >= 0.3 is 0 Å². The summed E-state index contributed by atoms with van der Waals surface area (Å²) in [6.07, 6.45) is 11.1. The molecule has 3 heteroatoms. The first-order valence-corrected chi connectivity index (χ1v) is 14.4. The molecule has 1 N–H and O–H groups in total. The Morgan fingerprint density at radius 2 is 1.74 bits per heavy atom. The molecule has 0 heterocycles. The SMILES string of the molecule is C=C(/C=C/CNCCCc1ccc(C2=C(c3ccc(CCC)c(F)c3)CCCc3ccccc32)cc1)N(C)C. The van der Waals surface area contributed by atoms with E-state index in [0.29, 0.717) is 0 Å². The van der Waals surface area contributed by atoms with Gasteiger partial charge in [0.25, 0.3) is 0 Å². The first kappa shape index (κ1) is 28.6. The van der Waals surface area contributed by atoms with E-state index in [9.17, 15) is 0 Å². The van der Waals surface area contributed by atoms with Gasteiger partial charge in [-0.05, 0) is 102 Å². The number of nitrogens with one attached hydrogen (secondary N) is 1. The lowest BCUT2D eigenvalue weighted by atomic mass is 9.87. The average Bonchev–Trinajstić information content (AvgIpc) is 3.13. The molecule has 0 saturated heterocycles. The molecule has 2 nitrogen and oxygen atoms in total. The van der Waals surface area contributed by atoms with Crippen LogP contribution in [0.3, 0.4) is 0 Å². The van der Waals surface area contributed by atoms with Gasteiger partial charge in [-0.2, -0.15) is 0 Å². The van der Waals surface area contributed by atoms with E-state index in [1.54, 1.807) is 6.07 Å². The Labute approximate surface area is 235 Å².